The molecule has 2 heterocycles. The maximum absolute atomic E-state index is 12.0. The number of nitrogens with one attached hydrogen (secondary N) is 1. The Morgan fingerprint density at radius 1 is 1.67 bits per heavy atom. The van der Waals surface area contributed by atoms with Crippen molar-refractivity contribution in [1.82, 2.24) is 19.4 Å². The van der Waals surface area contributed by atoms with Crippen molar-refractivity contribution in [2.24, 2.45) is 7.05 Å². The van der Waals surface area contributed by atoms with Crippen molar-refractivity contribution in [3.05, 3.63) is 22.3 Å². The van der Waals surface area contributed by atoms with E-state index in [-0.39, 0.29) is 11.7 Å². The van der Waals surface area contributed by atoms with E-state index in [9.17, 15) is 4.79 Å². The van der Waals surface area contributed by atoms with E-state index in [1.807, 2.05) is 13.0 Å². The zero-order valence-electron chi connectivity index (χ0n) is 9.84. The molecule has 0 aliphatic carbocycles. The van der Waals surface area contributed by atoms with Gasteiger partial charge in [-0.3, -0.25) is 9.48 Å². The van der Waals surface area contributed by atoms with E-state index in [0.717, 1.165) is 11.5 Å². The molecule has 0 bridgehead atoms. The molecule has 0 radical (unpaired) electrons. The summed E-state index contributed by atoms with van der Waals surface area (Å²) in [5.41, 5.74) is 0.966. The van der Waals surface area contributed by atoms with Crippen molar-refractivity contribution >= 4 is 23.3 Å². The van der Waals surface area contributed by atoms with Crippen LogP contribution in [0.25, 0.3) is 0 Å². The fourth-order valence-electron chi connectivity index (χ4n) is 1.44. The summed E-state index contributed by atoms with van der Waals surface area (Å²) in [6.45, 7) is 1.90. The number of carbonyl (C=O) groups is 1. The van der Waals surface area contributed by atoms with E-state index in [1.165, 1.54) is 4.68 Å². The summed E-state index contributed by atoms with van der Waals surface area (Å²) < 4.78 is 5.22. The van der Waals surface area contributed by atoms with Gasteiger partial charge in [-0.1, -0.05) is 11.4 Å². The highest BCUT2D eigenvalue weighted by Gasteiger charge is 2.18. The van der Waals surface area contributed by atoms with Gasteiger partial charge in [0.05, 0.1) is 5.69 Å². The topological polar surface area (TPSA) is 96.5 Å². The van der Waals surface area contributed by atoms with E-state index >= 15 is 0 Å². The summed E-state index contributed by atoms with van der Waals surface area (Å²) in [6.07, 6.45) is 2.17. The third-order valence-electron chi connectivity index (χ3n) is 2.28. The Bertz CT molecular complexity index is 623. The standard InChI is InChI=1S/C10H10N6OS/c1-3-7-8(18-15-13-7)10(17)12-9-6(4-11)5-16(2)14-9/h5H,3H2,1-2H3,(H,12,14,17). The molecule has 8 heteroatoms. The molecule has 0 atom stereocenters. The van der Waals surface area contributed by atoms with E-state index in [0.29, 0.717) is 22.6 Å². The highest BCUT2D eigenvalue weighted by Crippen LogP contribution is 2.16. The number of hydrogen-bond acceptors (Lipinski definition) is 6. The number of hydrogen-bond donors (Lipinski definition) is 1. The van der Waals surface area contributed by atoms with Crippen LogP contribution in [0, 0.1) is 11.3 Å². The van der Waals surface area contributed by atoms with Gasteiger partial charge in [-0.2, -0.15) is 10.4 Å². The Hall–Kier alpha value is -2.27. The van der Waals surface area contributed by atoms with Crippen molar-refractivity contribution in [3.63, 3.8) is 0 Å². The van der Waals surface area contributed by atoms with Crippen LogP contribution in [0.1, 0.15) is 27.9 Å². The molecule has 7 nitrogen and oxygen atoms in total. The Morgan fingerprint density at radius 3 is 3.11 bits per heavy atom. The van der Waals surface area contributed by atoms with Gasteiger partial charge in [0, 0.05) is 13.2 Å². The van der Waals surface area contributed by atoms with Gasteiger partial charge < -0.3 is 5.32 Å². The van der Waals surface area contributed by atoms with Gasteiger partial charge in [0.2, 0.25) is 0 Å². The van der Waals surface area contributed by atoms with Gasteiger partial charge in [-0.15, -0.1) is 5.10 Å². The van der Waals surface area contributed by atoms with Gasteiger partial charge in [0.25, 0.3) is 5.91 Å². The van der Waals surface area contributed by atoms with Gasteiger partial charge >= 0.3 is 0 Å². The monoisotopic (exact) mass is 262 g/mol. The zero-order chi connectivity index (χ0) is 13.1. The maximum atomic E-state index is 12.0. The van der Waals surface area contributed by atoms with Gasteiger partial charge in [0.1, 0.15) is 16.5 Å². The molecule has 0 aliphatic rings. The highest BCUT2D eigenvalue weighted by atomic mass is 32.1. The number of carbonyl (C=O) groups excluding carboxylic acids is 1. The predicted molar refractivity (Wildman–Crippen MR) is 65.2 cm³/mol. The number of aromatic nitrogens is 4. The largest absolute Gasteiger partial charge is 0.303 e. The summed E-state index contributed by atoms with van der Waals surface area (Å²) in [4.78, 5) is 12.4. The fraction of sp³-hybridized carbons (Fsp3) is 0.300. The zero-order valence-corrected chi connectivity index (χ0v) is 10.7. The minimum Gasteiger partial charge on any atom is -0.303 e. The molecule has 2 aromatic heterocycles. The first-order valence-electron chi connectivity index (χ1n) is 5.22. The first kappa shape index (κ1) is 12.2. The predicted octanol–water partition coefficient (Wildman–Crippen LogP) is 0.958. The van der Waals surface area contributed by atoms with Crippen LogP contribution in [0.4, 0.5) is 5.82 Å². The first-order chi connectivity index (χ1) is 8.65. The van der Waals surface area contributed by atoms with Crippen LogP contribution in [0.3, 0.4) is 0 Å². The number of amides is 1. The van der Waals surface area contributed by atoms with Crippen LogP contribution in [0.2, 0.25) is 0 Å². The van der Waals surface area contributed by atoms with Gasteiger partial charge in [0.15, 0.2) is 5.82 Å². The van der Waals surface area contributed by atoms with Crippen molar-refractivity contribution in [2.45, 2.75) is 13.3 Å². The lowest BCUT2D eigenvalue weighted by Gasteiger charge is -2.00. The molecular formula is C10H10N6OS. The number of anilines is 1. The van der Waals surface area contributed by atoms with Crippen LogP contribution in [-0.2, 0) is 13.5 Å². The molecule has 0 saturated carbocycles. The fourth-order valence-corrected chi connectivity index (χ4v) is 2.08. The second-order valence-corrected chi connectivity index (χ2v) is 4.29. The van der Waals surface area contributed by atoms with Crippen molar-refractivity contribution in [1.29, 1.82) is 5.26 Å². The van der Waals surface area contributed by atoms with E-state index < -0.39 is 0 Å². The van der Waals surface area contributed by atoms with Crippen molar-refractivity contribution < 1.29 is 4.79 Å². The molecule has 2 aromatic rings. The van der Waals surface area contributed by atoms with Gasteiger partial charge in [-0.25, -0.2) is 0 Å². The second-order valence-electron chi connectivity index (χ2n) is 3.53. The lowest BCUT2D eigenvalue weighted by Crippen LogP contribution is -2.13. The average molecular weight is 262 g/mol. The Morgan fingerprint density at radius 2 is 2.44 bits per heavy atom. The van der Waals surface area contributed by atoms with Crippen LogP contribution < -0.4 is 5.32 Å². The van der Waals surface area contributed by atoms with E-state index in [4.69, 9.17) is 5.26 Å². The molecule has 92 valence electrons. The molecular weight excluding hydrogens is 252 g/mol. The SMILES string of the molecule is CCc1nnsc1C(=O)Nc1nn(C)cc1C#N. The van der Waals surface area contributed by atoms with Crippen molar-refractivity contribution in [2.75, 3.05) is 5.32 Å². The maximum Gasteiger partial charge on any atom is 0.270 e. The molecule has 0 unspecified atom stereocenters. The molecule has 0 fully saturated rings. The van der Waals surface area contributed by atoms with Crippen LogP contribution in [-0.4, -0.2) is 25.3 Å². The second kappa shape index (κ2) is 4.93. The van der Waals surface area contributed by atoms with E-state index in [2.05, 4.69) is 20.0 Å². The molecule has 0 aliphatic heterocycles. The number of nitrogens with zero attached hydrogens (tertiary/aromatic N) is 5. The lowest BCUT2D eigenvalue weighted by molar-refractivity contribution is 0.102. The number of rotatable bonds is 3. The summed E-state index contributed by atoms with van der Waals surface area (Å²) >= 11 is 1.03. The first-order valence-corrected chi connectivity index (χ1v) is 5.99. The molecule has 0 aromatic carbocycles. The summed E-state index contributed by atoms with van der Waals surface area (Å²) in [7, 11) is 1.68. The molecule has 0 saturated heterocycles. The quantitative estimate of drug-likeness (QED) is 0.888. The molecule has 0 spiro atoms. The molecule has 1 N–H and O–H groups in total. The Kier molecular flexibility index (Phi) is 3.34. The average Bonchev–Trinajstić information content (AvgIpc) is 2.95. The summed E-state index contributed by atoms with van der Waals surface area (Å²) in [5.74, 6) is -0.0856. The minimum atomic E-state index is -0.336. The lowest BCUT2D eigenvalue weighted by atomic mass is 10.3. The Balaban J connectivity index is 2.24. The smallest absolute Gasteiger partial charge is 0.270 e. The number of aryl methyl sites for hydroxylation is 2. The third kappa shape index (κ3) is 2.21. The molecule has 2 rings (SSSR count). The minimum absolute atomic E-state index is 0.250. The highest BCUT2D eigenvalue weighted by molar-refractivity contribution is 7.08. The Labute approximate surface area is 107 Å². The van der Waals surface area contributed by atoms with E-state index in [1.54, 1.807) is 13.2 Å². The third-order valence-corrected chi connectivity index (χ3v) is 3.04. The summed E-state index contributed by atoms with van der Waals surface area (Å²) in [6, 6.07) is 1.97. The molecule has 18 heavy (non-hydrogen) atoms. The van der Waals surface area contributed by atoms with Crippen LogP contribution >= 0.6 is 11.5 Å². The van der Waals surface area contributed by atoms with Gasteiger partial charge in [-0.05, 0) is 18.0 Å². The summed E-state index contributed by atoms with van der Waals surface area (Å²) in [5, 5.41) is 19.4. The van der Waals surface area contributed by atoms with Crippen LogP contribution in [0.15, 0.2) is 6.20 Å². The van der Waals surface area contributed by atoms with Crippen LogP contribution in [0.5, 0.6) is 0 Å². The normalized spacial score (nSPS) is 10.1. The van der Waals surface area contributed by atoms with Crippen molar-refractivity contribution in [3.8, 4) is 6.07 Å². The molecule has 1 amide bonds. The number of nitriles is 1.